The molecule has 1 aliphatic rings. The number of nitrogens with zero attached hydrogens (tertiary/aromatic N) is 2. The molecule has 3 rings (SSSR count). The quantitative estimate of drug-likeness (QED) is 0.357. The first-order chi connectivity index (χ1) is 11.8. The largest absolute Gasteiger partial charge is 0.402 e. The minimum atomic E-state index is -0.603. The van der Waals surface area contributed by atoms with Crippen LogP contribution < -0.4 is 0 Å². The Bertz CT molecular complexity index is 964. The fourth-order valence-electron chi connectivity index (χ4n) is 2.38. The van der Waals surface area contributed by atoms with Gasteiger partial charge in [0.05, 0.1) is 4.92 Å². The van der Waals surface area contributed by atoms with Crippen LogP contribution >= 0.6 is 11.6 Å². The van der Waals surface area contributed by atoms with Crippen molar-refractivity contribution in [3.05, 3.63) is 79.5 Å². The maximum atomic E-state index is 12.1. The average molecular weight is 357 g/mol. The molecule has 0 spiro atoms. The summed E-state index contributed by atoms with van der Waals surface area (Å²) in [6.45, 7) is 3.88. The van der Waals surface area contributed by atoms with Crippen molar-refractivity contribution in [1.82, 2.24) is 0 Å². The van der Waals surface area contributed by atoms with Crippen LogP contribution in [-0.4, -0.2) is 16.8 Å². The predicted octanol–water partition coefficient (Wildman–Crippen LogP) is 4.21. The number of carbonyl (C=O) groups is 1. The lowest BCUT2D eigenvalue weighted by Crippen LogP contribution is -2.06. The Balaban J connectivity index is 2.01. The zero-order chi connectivity index (χ0) is 18.1. The minimum absolute atomic E-state index is 0.00447. The molecule has 6 nitrogen and oxygen atoms in total. The van der Waals surface area contributed by atoms with E-state index in [1.807, 2.05) is 32.0 Å². The number of esters is 1. The Labute approximate surface area is 148 Å². The Hall–Kier alpha value is -2.99. The summed E-state index contributed by atoms with van der Waals surface area (Å²) in [4.78, 5) is 26.6. The number of aliphatic imine (C=N–C) groups is 1. The van der Waals surface area contributed by atoms with Crippen LogP contribution in [0.1, 0.15) is 22.3 Å². The van der Waals surface area contributed by atoms with E-state index in [0.717, 1.165) is 16.7 Å². The van der Waals surface area contributed by atoms with Crippen molar-refractivity contribution >= 4 is 35.2 Å². The lowest BCUT2D eigenvalue weighted by atomic mass is 10.0. The van der Waals surface area contributed by atoms with Gasteiger partial charge in [0.15, 0.2) is 5.70 Å². The molecule has 0 radical (unpaired) electrons. The van der Waals surface area contributed by atoms with Gasteiger partial charge in [-0.2, -0.15) is 0 Å². The molecule has 1 heterocycles. The maximum absolute atomic E-state index is 12.1. The number of benzene rings is 2. The Morgan fingerprint density at radius 1 is 1.20 bits per heavy atom. The van der Waals surface area contributed by atoms with E-state index >= 15 is 0 Å². The molecular formula is C18H13ClN2O4. The van der Waals surface area contributed by atoms with Crippen LogP contribution in [0.25, 0.3) is 6.08 Å². The van der Waals surface area contributed by atoms with E-state index in [1.54, 1.807) is 6.08 Å². The zero-order valence-corrected chi connectivity index (χ0v) is 14.2. The summed E-state index contributed by atoms with van der Waals surface area (Å²) in [5.41, 5.74) is 3.09. The molecule has 0 atom stereocenters. The predicted molar refractivity (Wildman–Crippen MR) is 94.6 cm³/mol. The standard InChI is InChI=1S/C18H13ClN2O4/c1-10-3-4-11(2)13(7-10)8-15-18(22)25-17(20-15)12-5-6-14(19)16(9-12)21(23)24/h3-9H,1-2H3/b15-8-. The van der Waals surface area contributed by atoms with Gasteiger partial charge in [-0.25, -0.2) is 9.79 Å². The van der Waals surface area contributed by atoms with Crippen LogP contribution in [-0.2, 0) is 9.53 Å². The van der Waals surface area contributed by atoms with Gasteiger partial charge in [-0.1, -0.05) is 35.4 Å². The van der Waals surface area contributed by atoms with Gasteiger partial charge in [-0.05, 0) is 43.2 Å². The number of hydrogen-bond donors (Lipinski definition) is 0. The van der Waals surface area contributed by atoms with Crippen molar-refractivity contribution in [2.45, 2.75) is 13.8 Å². The number of cyclic esters (lactones) is 1. The number of aryl methyl sites for hydroxylation is 2. The maximum Gasteiger partial charge on any atom is 0.363 e. The summed E-state index contributed by atoms with van der Waals surface area (Å²) in [6, 6.07) is 9.99. The first-order valence-corrected chi connectivity index (χ1v) is 7.77. The summed E-state index contributed by atoms with van der Waals surface area (Å²) in [5.74, 6) is -0.588. The number of carbonyl (C=O) groups excluding carboxylic acids is 1. The third kappa shape index (κ3) is 3.44. The van der Waals surface area contributed by atoms with E-state index in [1.165, 1.54) is 18.2 Å². The van der Waals surface area contributed by atoms with Crippen molar-refractivity contribution < 1.29 is 14.5 Å². The van der Waals surface area contributed by atoms with Gasteiger partial charge in [0.1, 0.15) is 5.02 Å². The third-order valence-corrected chi connectivity index (χ3v) is 4.06. The first-order valence-electron chi connectivity index (χ1n) is 7.39. The number of rotatable bonds is 3. The van der Waals surface area contributed by atoms with Crippen LogP contribution in [0.15, 0.2) is 47.1 Å². The summed E-state index contributed by atoms with van der Waals surface area (Å²) in [7, 11) is 0. The van der Waals surface area contributed by atoms with Crippen LogP contribution in [0.3, 0.4) is 0 Å². The van der Waals surface area contributed by atoms with Crippen molar-refractivity contribution in [2.24, 2.45) is 4.99 Å². The highest BCUT2D eigenvalue weighted by Crippen LogP contribution is 2.28. The summed E-state index contributed by atoms with van der Waals surface area (Å²) in [6.07, 6.45) is 1.64. The number of nitro benzene ring substituents is 1. The van der Waals surface area contributed by atoms with Crippen molar-refractivity contribution in [2.75, 3.05) is 0 Å². The number of halogens is 1. The SMILES string of the molecule is Cc1ccc(C)c(/C=C2\N=C(c3ccc(Cl)c([N+](=O)[O-])c3)OC2=O)c1. The van der Waals surface area contributed by atoms with Gasteiger partial charge in [-0.15, -0.1) is 0 Å². The molecule has 0 saturated carbocycles. The number of hydrogen-bond acceptors (Lipinski definition) is 5. The van der Waals surface area contributed by atoms with Crippen molar-refractivity contribution in [3.8, 4) is 0 Å². The molecule has 0 N–H and O–H groups in total. The van der Waals surface area contributed by atoms with Crippen molar-refractivity contribution in [1.29, 1.82) is 0 Å². The van der Waals surface area contributed by atoms with Crippen LogP contribution in [0.5, 0.6) is 0 Å². The monoisotopic (exact) mass is 356 g/mol. The Kier molecular flexibility index (Phi) is 4.37. The molecule has 7 heteroatoms. The highest BCUT2D eigenvalue weighted by atomic mass is 35.5. The van der Waals surface area contributed by atoms with E-state index in [4.69, 9.17) is 16.3 Å². The van der Waals surface area contributed by atoms with E-state index in [-0.39, 0.29) is 22.3 Å². The second-order valence-corrected chi connectivity index (χ2v) is 6.03. The van der Waals surface area contributed by atoms with Gasteiger partial charge < -0.3 is 4.74 Å². The lowest BCUT2D eigenvalue weighted by molar-refractivity contribution is -0.384. The van der Waals surface area contributed by atoms with Gasteiger partial charge in [-0.3, -0.25) is 10.1 Å². The first kappa shape index (κ1) is 16.9. The van der Waals surface area contributed by atoms with Crippen molar-refractivity contribution in [3.63, 3.8) is 0 Å². The highest BCUT2D eigenvalue weighted by Gasteiger charge is 2.26. The molecule has 2 aromatic carbocycles. The van der Waals surface area contributed by atoms with E-state index in [0.29, 0.717) is 5.56 Å². The second kappa shape index (κ2) is 6.49. The summed E-state index contributed by atoms with van der Waals surface area (Å²) in [5, 5.41) is 11.0. The molecule has 0 aromatic heterocycles. The topological polar surface area (TPSA) is 81.8 Å². The van der Waals surface area contributed by atoms with Gasteiger partial charge in [0.2, 0.25) is 5.90 Å². The second-order valence-electron chi connectivity index (χ2n) is 5.62. The molecular weight excluding hydrogens is 344 g/mol. The summed E-state index contributed by atoms with van der Waals surface area (Å²) < 4.78 is 5.15. The minimum Gasteiger partial charge on any atom is -0.402 e. The zero-order valence-electron chi connectivity index (χ0n) is 13.4. The molecule has 2 aromatic rings. The van der Waals surface area contributed by atoms with Gasteiger partial charge in [0, 0.05) is 11.6 Å². The van der Waals surface area contributed by atoms with Gasteiger partial charge >= 0.3 is 5.97 Å². The molecule has 0 fully saturated rings. The molecule has 0 aliphatic carbocycles. The van der Waals surface area contributed by atoms with E-state index in [9.17, 15) is 14.9 Å². The smallest absolute Gasteiger partial charge is 0.363 e. The van der Waals surface area contributed by atoms with Crippen LogP contribution in [0.4, 0.5) is 5.69 Å². The molecule has 0 bridgehead atoms. The highest BCUT2D eigenvalue weighted by molar-refractivity contribution is 6.32. The lowest BCUT2D eigenvalue weighted by Gasteiger charge is -2.01. The van der Waals surface area contributed by atoms with E-state index in [2.05, 4.69) is 4.99 Å². The fourth-order valence-corrected chi connectivity index (χ4v) is 2.57. The Morgan fingerprint density at radius 3 is 2.68 bits per heavy atom. The molecule has 126 valence electrons. The summed E-state index contributed by atoms with van der Waals surface area (Å²) >= 11 is 5.79. The molecule has 0 unspecified atom stereocenters. The fraction of sp³-hybridized carbons (Fsp3) is 0.111. The number of nitro groups is 1. The van der Waals surface area contributed by atoms with Crippen LogP contribution in [0.2, 0.25) is 5.02 Å². The van der Waals surface area contributed by atoms with Gasteiger partial charge in [0.25, 0.3) is 5.69 Å². The molecule has 0 amide bonds. The Morgan fingerprint density at radius 2 is 1.96 bits per heavy atom. The molecule has 25 heavy (non-hydrogen) atoms. The molecule has 0 saturated heterocycles. The third-order valence-electron chi connectivity index (χ3n) is 3.74. The number of ether oxygens (including phenoxy) is 1. The van der Waals surface area contributed by atoms with E-state index < -0.39 is 10.9 Å². The molecule has 1 aliphatic heterocycles. The average Bonchev–Trinajstić information content (AvgIpc) is 2.92. The normalized spacial score (nSPS) is 15.2. The van der Waals surface area contributed by atoms with Crippen LogP contribution in [0, 0.1) is 24.0 Å².